The molecule has 1 heterocycles. The molecule has 0 aromatic heterocycles. The molecule has 154 valence electrons. The molecule has 1 aliphatic rings. The van der Waals surface area contributed by atoms with E-state index in [4.69, 9.17) is 9.47 Å². The normalized spacial score (nSPS) is 20.2. The average molecular weight is 417 g/mol. The van der Waals surface area contributed by atoms with Crippen LogP contribution in [0.4, 0.5) is 0 Å². The van der Waals surface area contributed by atoms with Gasteiger partial charge in [-0.05, 0) is 32.0 Å². The van der Waals surface area contributed by atoms with Crippen LogP contribution in [0.15, 0.2) is 59.5 Å². The molecule has 0 radical (unpaired) electrons. The molecule has 1 fully saturated rings. The van der Waals surface area contributed by atoms with Crippen LogP contribution >= 0.6 is 0 Å². The molecule has 1 aliphatic heterocycles. The first-order chi connectivity index (χ1) is 13.8. The number of carbonyl (C=O) groups is 2. The Hall–Kier alpha value is -2.55. The fourth-order valence-corrected chi connectivity index (χ4v) is 4.82. The quantitative estimate of drug-likeness (QED) is 0.530. The van der Waals surface area contributed by atoms with E-state index in [1.165, 1.54) is 28.6 Å². The molecule has 29 heavy (non-hydrogen) atoms. The van der Waals surface area contributed by atoms with E-state index in [2.05, 4.69) is 0 Å². The molecule has 2 unspecified atom stereocenters. The molecule has 0 saturated carbocycles. The van der Waals surface area contributed by atoms with Crippen molar-refractivity contribution in [2.45, 2.75) is 31.0 Å². The Labute approximate surface area is 170 Å². The van der Waals surface area contributed by atoms with Gasteiger partial charge in [0.2, 0.25) is 10.0 Å². The highest BCUT2D eigenvalue weighted by Gasteiger charge is 2.32. The minimum atomic E-state index is -3.78. The maximum atomic E-state index is 13.0. The third-order valence-corrected chi connectivity index (χ3v) is 6.35. The monoisotopic (exact) mass is 417 g/mol. The summed E-state index contributed by atoms with van der Waals surface area (Å²) in [6, 6.07) is 14.1. The van der Waals surface area contributed by atoms with Crippen molar-refractivity contribution in [1.29, 1.82) is 0 Å². The summed E-state index contributed by atoms with van der Waals surface area (Å²) in [5, 5.41) is 0. The molecule has 0 N–H and O–H groups in total. The van der Waals surface area contributed by atoms with Crippen molar-refractivity contribution >= 4 is 21.8 Å². The third-order valence-electron chi connectivity index (χ3n) is 4.52. The zero-order chi connectivity index (χ0) is 21.0. The average Bonchev–Trinajstić information content (AvgIpc) is 2.71. The SMILES string of the molecule is CC1CN(S(=O)(=O)c2cccc(C(=O)OCC(=O)c3ccccc3)c2)CC(C)O1. The van der Waals surface area contributed by atoms with Crippen molar-refractivity contribution in [1.82, 2.24) is 4.31 Å². The molecule has 3 rings (SSSR count). The second-order valence-corrected chi connectivity index (χ2v) is 8.91. The molecule has 2 atom stereocenters. The predicted molar refractivity (Wildman–Crippen MR) is 106 cm³/mol. The van der Waals surface area contributed by atoms with Crippen LogP contribution in [0.25, 0.3) is 0 Å². The minimum Gasteiger partial charge on any atom is -0.454 e. The lowest BCUT2D eigenvalue weighted by atomic mass is 10.1. The number of sulfonamides is 1. The maximum Gasteiger partial charge on any atom is 0.338 e. The molecule has 0 amide bonds. The molecule has 0 bridgehead atoms. The third kappa shape index (κ3) is 5.09. The number of hydrogen-bond acceptors (Lipinski definition) is 6. The molecule has 8 heteroatoms. The Bertz CT molecular complexity index is 979. The van der Waals surface area contributed by atoms with Gasteiger partial charge in [0.15, 0.2) is 12.4 Å². The summed E-state index contributed by atoms with van der Waals surface area (Å²) in [4.78, 5) is 24.4. The van der Waals surface area contributed by atoms with E-state index in [0.29, 0.717) is 5.56 Å². The Morgan fingerprint density at radius 3 is 2.28 bits per heavy atom. The number of rotatable bonds is 6. The van der Waals surface area contributed by atoms with E-state index >= 15 is 0 Å². The lowest BCUT2D eigenvalue weighted by Crippen LogP contribution is -2.48. The molecule has 2 aromatic carbocycles. The van der Waals surface area contributed by atoms with Crippen LogP contribution in [0.5, 0.6) is 0 Å². The van der Waals surface area contributed by atoms with Crippen molar-refractivity contribution in [2.24, 2.45) is 0 Å². The first kappa shape index (κ1) is 21.2. The fourth-order valence-electron chi connectivity index (χ4n) is 3.18. The number of benzene rings is 2. The zero-order valence-corrected chi connectivity index (χ0v) is 17.1. The van der Waals surface area contributed by atoms with Gasteiger partial charge < -0.3 is 9.47 Å². The van der Waals surface area contributed by atoms with Crippen LogP contribution in [-0.2, 0) is 19.5 Å². The van der Waals surface area contributed by atoms with Crippen molar-refractivity contribution < 1.29 is 27.5 Å². The van der Waals surface area contributed by atoms with Crippen molar-refractivity contribution in [3.05, 3.63) is 65.7 Å². The van der Waals surface area contributed by atoms with Crippen molar-refractivity contribution in [3.63, 3.8) is 0 Å². The van der Waals surface area contributed by atoms with Gasteiger partial charge in [0.05, 0.1) is 22.7 Å². The van der Waals surface area contributed by atoms with Gasteiger partial charge in [-0.15, -0.1) is 0 Å². The van der Waals surface area contributed by atoms with E-state index in [0.717, 1.165) is 0 Å². The standard InChI is InChI=1S/C21H23NO6S/c1-15-12-22(13-16(2)28-15)29(25,26)19-10-6-9-18(11-19)21(24)27-14-20(23)17-7-4-3-5-8-17/h3-11,15-16H,12-14H2,1-2H3. The molecule has 0 aliphatic carbocycles. The Morgan fingerprint density at radius 1 is 1.00 bits per heavy atom. The van der Waals surface area contributed by atoms with Gasteiger partial charge >= 0.3 is 5.97 Å². The highest BCUT2D eigenvalue weighted by molar-refractivity contribution is 7.89. The Kier molecular flexibility index (Phi) is 6.46. The van der Waals surface area contributed by atoms with Crippen LogP contribution < -0.4 is 0 Å². The minimum absolute atomic E-state index is 0.00244. The lowest BCUT2D eigenvalue weighted by Gasteiger charge is -2.34. The Balaban J connectivity index is 1.71. The van der Waals surface area contributed by atoms with Crippen molar-refractivity contribution in [3.8, 4) is 0 Å². The summed E-state index contributed by atoms with van der Waals surface area (Å²) in [7, 11) is -3.78. The van der Waals surface area contributed by atoms with Crippen LogP contribution in [0, 0.1) is 0 Å². The van der Waals surface area contributed by atoms with Crippen LogP contribution in [0.2, 0.25) is 0 Å². The second kappa shape index (κ2) is 8.86. The first-order valence-electron chi connectivity index (χ1n) is 9.28. The number of morpholine rings is 1. The Morgan fingerprint density at radius 2 is 1.62 bits per heavy atom. The lowest BCUT2D eigenvalue weighted by molar-refractivity contribution is -0.0440. The van der Waals surface area contributed by atoms with Crippen LogP contribution in [0.3, 0.4) is 0 Å². The largest absolute Gasteiger partial charge is 0.454 e. The summed E-state index contributed by atoms with van der Waals surface area (Å²) in [5.74, 6) is -1.09. The van der Waals surface area contributed by atoms with E-state index in [9.17, 15) is 18.0 Å². The van der Waals surface area contributed by atoms with Crippen LogP contribution in [-0.4, -0.2) is 56.4 Å². The summed E-state index contributed by atoms with van der Waals surface area (Å²) < 4.78 is 38.0. The van der Waals surface area contributed by atoms with Gasteiger partial charge in [-0.2, -0.15) is 4.31 Å². The highest BCUT2D eigenvalue weighted by Crippen LogP contribution is 2.22. The van der Waals surface area contributed by atoms with Gasteiger partial charge in [0, 0.05) is 18.7 Å². The number of esters is 1. The number of Topliss-reactive ketones (excluding diaryl/α,β-unsaturated/α-hetero) is 1. The zero-order valence-electron chi connectivity index (χ0n) is 16.3. The molecule has 0 spiro atoms. The molecule has 1 saturated heterocycles. The van der Waals surface area contributed by atoms with E-state index in [1.807, 2.05) is 13.8 Å². The highest BCUT2D eigenvalue weighted by atomic mass is 32.2. The molecular weight excluding hydrogens is 394 g/mol. The van der Waals surface area contributed by atoms with Crippen molar-refractivity contribution in [2.75, 3.05) is 19.7 Å². The van der Waals surface area contributed by atoms with E-state index in [-0.39, 0.29) is 41.5 Å². The maximum absolute atomic E-state index is 13.0. The van der Waals surface area contributed by atoms with E-state index < -0.39 is 22.6 Å². The molecule has 7 nitrogen and oxygen atoms in total. The summed E-state index contributed by atoms with van der Waals surface area (Å²) >= 11 is 0. The number of hydrogen-bond donors (Lipinski definition) is 0. The first-order valence-corrected chi connectivity index (χ1v) is 10.7. The van der Waals surface area contributed by atoms with E-state index in [1.54, 1.807) is 30.3 Å². The summed E-state index contributed by atoms with van der Waals surface area (Å²) in [6.07, 6.45) is -0.434. The van der Waals surface area contributed by atoms with Gasteiger partial charge in [0.1, 0.15) is 0 Å². The fraction of sp³-hybridized carbons (Fsp3) is 0.333. The number of ether oxygens (including phenoxy) is 2. The van der Waals surface area contributed by atoms with Gasteiger partial charge in [0.25, 0.3) is 0 Å². The summed E-state index contributed by atoms with van der Waals surface area (Å²) in [5.41, 5.74) is 0.508. The van der Waals surface area contributed by atoms with Gasteiger partial charge in [-0.25, -0.2) is 13.2 Å². The molecular formula is C21H23NO6S. The topological polar surface area (TPSA) is 90.0 Å². The van der Waals surface area contributed by atoms with Gasteiger partial charge in [-0.3, -0.25) is 4.79 Å². The van der Waals surface area contributed by atoms with Crippen LogP contribution in [0.1, 0.15) is 34.6 Å². The summed E-state index contributed by atoms with van der Waals surface area (Å²) in [6.45, 7) is 3.70. The predicted octanol–water partition coefficient (Wildman–Crippen LogP) is 2.52. The number of carbonyl (C=O) groups excluding carboxylic acids is 2. The number of ketones is 1. The molecule has 2 aromatic rings. The smallest absolute Gasteiger partial charge is 0.338 e. The van der Waals surface area contributed by atoms with Gasteiger partial charge in [-0.1, -0.05) is 36.4 Å². The second-order valence-electron chi connectivity index (χ2n) is 6.97. The number of nitrogens with zero attached hydrogens (tertiary/aromatic N) is 1.